The third-order valence-electron chi connectivity index (χ3n) is 4.91. The molecular formula is C20H21FN3O+. The van der Waals surface area contributed by atoms with Crippen molar-refractivity contribution in [3.8, 4) is 0 Å². The Balaban J connectivity index is 1.67. The summed E-state index contributed by atoms with van der Waals surface area (Å²) in [5.74, 6) is -0.374. The number of amides is 1. The highest BCUT2D eigenvalue weighted by molar-refractivity contribution is 6.54. The second-order valence-corrected chi connectivity index (χ2v) is 6.66. The maximum Gasteiger partial charge on any atom is 0.281 e. The highest BCUT2D eigenvalue weighted by Gasteiger charge is 2.36. The molecule has 1 amide bonds. The van der Waals surface area contributed by atoms with Crippen molar-refractivity contribution in [3.05, 3.63) is 59.9 Å². The van der Waals surface area contributed by atoms with E-state index < -0.39 is 0 Å². The van der Waals surface area contributed by atoms with Crippen molar-refractivity contribution in [2.75, 3.05) is 24.7 Å². The quantitative estimate of drug-likeness (QED) is 0.916. The zero-order valence-electron chi connectivity index (χ0n) is 14.0. The van der Waals surface area contributed by atoms with Gasteiger partial charge in [0.15, 0.2) is 6.67 Å². The number of benzene rings is 2. The van der Waals surface area contributed by atoms with Crippen molar-refractivity contribution < 1.29 is 14.1 Å². The predicted molar refractivity (Wildman–Crippen MR) is 95.9 cm³/mol. The van der Waals surface area contributed by atoms with Gasteiger partial charge < -0.3 is 4.90 Å². The third-order valence-corrected chi connectivity index (χ3v) is 4.91. The van der Waals surface area contributed by atoms with E-state index in [1.807, 2.05) is 29.2 Å². The zero-order valence-corrected chi connectivity index (χ0v) is 14.0. The maximum absolute atomic E-state index is 13.1. The van der Waals surface area contributed by atoms with Crippen LogP contribution in [-0.2, 0) is 4.79 Å². The monoisotopic (exact) mass is 338 g/mol. The summed E-state index contributed by atoms with van der Waals surface area (Å²) in [5, 5.41) is 0. The summed E-state index contributed by atoms with van der Waals surface area (Å²) in [5.41, 5.74) is 2.81. The number of halogens is 1. The number of carbonyl (C=O) groups excluding carboxylic acids is 1. The normalized spacial score (nSPS) is 19.5. The second kappa shape index (κ2) is 6.76. The van der Waals surface area contributed by atoms with Gasteiger partial charge >= 0.3 is 0 Å². The van der Waals surface area contributed by atoms with Crippen LogP contribution in [0, 0.1) is 5.82 Å². The number of fused-ring (bicyclic) bond motifs is 1. The maximum atomic E-state index is 13.1. The molecular weight excluding hydrogens is 317 g/mol. The van der Waals surface area contributed by atoms with Gasteiger partial charge in [-0.25, -0.2) is 9.38 Å². The highest BCUT2D eigenvalue weighted by Crippen LogP contribution is 2.30. The molecule has 1 saturated heterocycles. The molecule has 0 aromatic heterocycles. The van der Waals surface area contributed by atoms with E-state index >= 15 is 0 Å². The molecule has 1 N–H and O–H groups in total. The number of rotatable bonds is 3. The van der Waals surface area contributed by atoms with Crippen LogP contribution in [0.25, 0.3) is 0 Å². The molecule has 0 saturated carbocycles. The van der Waals surface area contributed by atoms with Crippen molar-refractivity contribution in [3.63, 3.8) is 0 Å². The van der Waals surface area contributed by atoms with E-state index in [4.69, 9.17) is 0 Å². The van der Waals surface area contributed by atoms with Gasteiger partial charge in [0.1, 0.15) is 11.5 Å². The van der Waals surface area contributed by atoms with Gasteiger partial charge in [-0.15, -0.1) is 0 Å². The van der Waals surface area contributed by atoms with Crippen LogP contribution in [0.15, 0.2) is 53.5 Å². The highest BCUT2D eigenvalue weighted by atomic mass is 19.1. The lowest BCUT2D eigenvalue weighted by Gasteiger charge is -2.27. The fourth-order valence-corrected chi connectivity index (χ4v) is 3.60. The van der Waals surface area contributed by atoms with Crippen LogP contribution in [0.3, 0.4) is 0 Å². The van der Waals surface area contributed by atoms with E-state index in [2.05, 4.69) is 4.99 Å². The topological polar surface area (TPSA) is 37.1 Å². The molecule has 0 aliphatic carbocycles. The summed E-state index contributed by atoms with van der Waals surface area (Å²) in [4.78, 5) is 20.8. The smallest absolute Gasteiger partial charge is 0.281 e. The minimum Gasteiger partial charge on any atom is -0.317 e. The van der Waals surface area contributed by atoms with Gasteiger partial charge in [0.25, 0.3) is 5.91 Å². The Bertz CT molecular complexity index is 810. The molecule has 2 aliphatic rings. The van der Waals surface area contributed by atoms with E-state index in [-0.39, 0.29) is 11.7 Å². The van der Waals surface area contributed by atoms with Crippen molar-refractivity contribution >= 4 is 23.0 Å². The standard InChI is InChI=1S/C20H20FN3O/c21-15-8-10-16(11-9-15)22-19-17-6-2-3-7-18(17)24(20(19)25)14-23-12-4-1-5-13-23/h2-3,6-11H,1,4-5,12-14H2/p+1. The number of anilines is 1. The molecule has 25 heavy (non-hydrogen) atoms. The van der Waals surface area contributed by atoms with Crippen LogP contribution in [0.5, 0.6) is 0 Å². The molecule has 2 aromatic rings. The SMILES string of the molecule is O=C1C(=Nc2ccc(F)cc2)c2ccccc2N1C[NH+]1CCCCC1. The molecule has 0 spiro atoms. The first kappa shape index (κ1) is 16.0. The summed E-state index contributed by atoms with van der Waals surface area (Å²) in [7, 11) is 0. The molecule has 0 atom stereocenters. The third kappa shape index (κ3) is 3.20. The Labute approximate surface area is 146 Å². The molecule has 0 bridgehead atoms. The van der Waals surface area contributed by atoms with Crippen LogP contribution in [-0.4, -0.2) is 31.4 Å². The lowest BCUT2D eigenvalue weighted by atomic mass is 10.1. The Morgan fingerprint density at radius 3 is 2.48 bits per heavy atom. The van der Waals surface area contributed by atoms with Gasteiger partial charge in [-0.05, 0) is 49.6 Å². The van der Waals surface area contributed by atoms with E-state index in [1.54, 1.807) is 12.1 Å². The summed E-state index contributed by atoms with van der Waals surface area (Å²) in [6.45, 7) is 2.89. The van der Waals surface area contributed by atoms with Gasteiger partial charge in [0.2, 0.25) is 0 Å². The predicted octanol–water partition coefficient (Wildman–Crippen LogP) is 2.32. The van der Waals surface area contributed by atoms with Crippen LogP contribution in [0.1, 0.15) is 24.8 Å². The van der Waals surface area contributed by atoms with E-state index in [0.717, 1.165) is 24.3 Å². The minimum absolute atomic E-state index is 0.0661. The first-order valence-corrected chi connectivity index (χ1v) is 8.81. The molecule has 5 heteroatoms. The van der Waals surface area contributed by atoms with Crippen molar-refractivity contribution in [1.29, 1.82) is 0 Å². The Kier molecular flexibility index (Phi) is 4.32. The summed E-state index contributed by atoms with van der Waals surface area (Å²) < 4.78 is 13.1. The first-order valence-electron chi connectivity index (χ1n) is 8.81. The summed E-state index contributed by atoms with van der Waals surface area (Å²) in [6, 6.07) is 13.7. The number of quaternary nitrogens is 1. The Morgan fingerprint density at radius 1 is 1.00 bits per heavy atom. The molecule has 2 heterocycles. The van der Waals surface area contributed by atoms with E-state index in [0.29, 0.717) is 18.1 Å². The molecule has 0 unspecified atom stereocenters. The minimum atomic E-state index is -0.308. The van der Waals surface area contributed by atoms with Gasteiger partial charge in [-0.2, -0.15) is 0 Å². The lowest BCUT2D eigenvalue weighted by molar-refractivity contribution is -0.903. The second-order valence-electron chi connectivity index (χ2n) is 6.66. The number of carbonyl (C=O) groups is 1. The van der Waals surface area contributed by atoms with Gasteiger partial charge in [0.05, 0.1) is 24.5 Å². The van der Waals surface area contributed by atoms with Crippen molar-refractivity contribution in [2.24, 2.45) is 4.99 Å². The summed E-state index contributed by atoms with van der Waals surface area (Å²) in [6.07, 6.45) is 3.72. The number of hydrogen-bond donors (Lipinski definition) is 1. The van der Waals surface area contributed by atoms with Crippen molar-refractivity contribution in [2.45, 2.75) is 19.3 Å². The number of piperidine rings is 1. The lowest BCUT2D eigenvalue weighted by Crippen LogP contribution is -3.14. The van der Waals surface area contributed by atoms with Gasteiger partial charge in [-0.3, -0.25) is 9.69 Å². The number of nitrogens with one attached hydrogen (secondary N) is 1. The number of para-hydroxylation sites is 1. The first-order chi connectivity index (χ1) is 12.2. The van der Waals surface area contributed by atoms with Crippen molar-refractivity contribution in [1.82, 2.24) is 0 Å². The molecule has 2 aromatic carbocycles. The Morgan fingerprint density at radius 2 is 1.72 bits per heavy atom. The van der Waals surface area contributed by atoms with Crippen LogP contribution in [0.4, 0.5) is 15.8 Å². The molecule has 128 valence electrons. The average molecular weight is 338 g/mol. The Hall–Kier alpha value is -2.53. The molecule has 4 rings (SSSR count). The van der Waals surface area contributed by atoms with Crippen LogP contribution < -0.4 is 9.80 Å². The van der Waals surface area contributed by atoms with Crippen LogP contribution >= 0.6 is 0 Å². The number of aliphatic imine (C=N–C) groups is 1. The zero-order chi connectivity index (χ0) is 17.2. The molecule has 4 nitrogen and oxygen atoms in total. The number of nitrogens with zero attached hydrogens (tertiary/aromatic N) is 2. The molecule has 2 aliphatic heterocycles. The van der Waals surface area contributed by atoms with E-state index in [9.17, 15) is 9.18 Å². The van der Waals surface area contributed by atoms with Gasteiger partial charge in [-0.1, -0.05) is 18.2 Å². The van der Waals surface area contributed by atoms with Gasteiger partial charge in [0, 0.05) is 5.56 Å². The largest absolute Gasteiger partial charge is 0.317 e. The molecule has 1 fully saturated rings. The fourth-order valence-electron chi connectivity index (χ4n) is 3.60. The average Bonchev–Trinajstić information content (AvgIpc) is 2.90. The molecule has 0 radical (unpaired) electrons. The van der Waals surface area contributed by atoms with Crippen LogP contribution in [0.2, 0.25) is 0 Å². The van der Waals surface area contributed by atoms with E-state index in [1.165, 1.54) is 36.3 Å². The summed E-state index contributed by atoms with van der Waals surface area (Å²) >= 11 is 0. The number of hydrogen-bond acceptors (Lipinski definition) is 2. The fraction of sp³-hybridized carbons (Fsp3) is 0.300. The number of likely N-dealkylation sites (tertiary alicyclic amines) is 1.